The Morgan fingerprint density at radius 1 is 1.07 bits per heavy atom. The summed E-state index contributed by atoms with van der Waals surface area (Å²) in [5.74, 6) is -2.31. The Labute approximate surface area is 258 Å². The van der Waals surface area contributed by atoms with Crippen molar-refractivity contribution in [3.05, 3.63) is 92.9 Å². The largest absolute Gasteiger partial charge is 0.497 e. The van der Waals surface area contributed by atoms with E-state index in [1.807, 2.05) is 38.1 Å². The number of methoxy groups -OCH3 is 2. The van der Waals surface area contributed by atoms with Gasteiger partial charge >= 0.3 is 0 Å². The number of primary amides is 1. The van der Waals surface area contributed by atoms with E-state index >= 15 is 0 Å². The molecule has 0 radical (unpaired) electrons. The lowest BCUT2D eigenvalue weighted by atomic mass is 9.93. The molecule has 4 heterocycles. The van der Waals surface area contributed by atoms with Crippen LogP contribution in [0.1, 0.15) is 64.7 Å². The fourth-order valence-electron chi connectivity index (χ4n) is 6.82. The van der Waals surface area contributed by atoms with E-state index in [1.54, 1.807) is 21.6 Å². The molecule has 2 saturated heterocycles. The van der Waals surface area contributed by atoms with Crippen molar-refractivity contribution in [2.75, 3.05) is 20.8 Å². The highest BCUT2D eigenvalue weighted by Gasteiger charge is 2.60. The first kappa shape index (κ1) is 30.7. The van der Waals surface area contributed by atoms with Gasteiger partial charge in [0.05, 0.1) is 33.0 Å². The van der Waals surface area contributed by atoms with Crippen LogP contribution in [0.5, 0.6) is 11.5 Å². The molecule has 2 fully saturated rings. The summed E-state index contributed by atoms with van der Waals surface area (Å²) in [5.41, 5.74) is 4.57. The third-order valence-corrected chi connectivity index (χ3v) is 9.29. The Bertz CT molecular complexity index is 1720. The summed E-state index contributed by atoms with van der Waals surface area (Å²) in [6.07, 6.45) is 1.86. The van der Waals surface area contributed by atoms with Crippen molar-refractivity contribution < 1.29 is 32.7 Å². The maximum atomic E-state index is 14.9. The van der Waals surface area contributed by atoms with Gasteiger partial charge in [0.1, 0.15) is 22.9 Å². The van der Waals surface area contributed by atoms with E-state index in [0.29, 0.717) is 25.1 Å². The molecule has 238 valence electrons. The summed E-state index contributed by atoms with van der Waals surface area (Å²) in [6.45, 7) is 4.46. The molecule has 6 rings (SSSR count). The number of hydrogen-bond acceptors (Lipinski definition) is 8. The predicted octanol–water partition coefficient (Wildman–Crippen LogP) is 3.41. The van der Waals surface area contributed by atoms with Crippen LogP contribution in [0, 0.1) is 11.6 Å². The van der Waals surface area contributed by atoms with Gasteiger partial charge in [-0.1, -0.05) is 18.2 Å². The van der Waals surface area contributed by atoms with Crippen molar-refractivity contribution in [1.82, 2.24) is 19.4 Å². The zero-order valence-corrected chi connectivity index (χ0v) is 25.5. The highest BCUT2D eigenvalue weighted by molar-refractivity contribution is 5.99. The molecule has 4 atom stereocenters. The van der Waals surface area contributed by atoms with E-state index < -0.39 is 46.8 Å². The number of carbonyl (C=O) groups excluding carboxylic acids is 2. The SMILES string of the molecule is COc1ccc(CN2[C@@H](C)N(Cc3ccc(F)cc3F)O[C@@]23CC[C@H](C)N2C[C@H]3n3cc(C(N)=O)c(=O)c(OC)c3C2=O)cc1. The van der Waals surface area contributed by atoms with Crippen LogP contribution in [-0.2, 0) is 17.9 Å². The van der Waals surface area contributed by atoms with Crippen molar-refractivity contribution >= 4 is 11.8 Å². The minimum Gasteiger partial charge on any atom is -0.497 e. The molecule has 0 saturated carbocycles. The van der Waals surface area contributed by atoms with Gasteiger partial charge in [-0.2, -0.15) is 5.06 Å². The van der Waals surface area contributed by atoms with Crippen LogP contribution in [-0.4, -0.2) is 69.9 Å². The molecule has 2 amide bonds. The van der Waals surface area contributed by atoms with Crippen LogP contribution in [0.25, 0.3) is 0 Å². The third kappa shape index (κ3) is 5.04. The van der Waals surface area contributed by atoms with Gasteiger partial charge in [-0.15, -0.1) is 0 Å². The third-order valence-electron chi connectivity index (χ3n) is 9.29. The second kappa shape index (κ2) is 11.5. The normalized spacial score (nSPS) is 24.9. The summed E-state index contributed by atoms with van der Waals surface area (Å²) < 4.78 is 41.0. The molecule has 2 aromatic carbocycles. The topological polar surface area (TPSA) is 120 Å². The lowest BCUT2D eigenvalue weighted by molar-refractivity contribution is -0.241. The average molecular weight is 624 g/mol. The molecule has 11 nitrogen and oxygen atoms in total. The van der Waals surface area contributed by atoms with Crippen molar-refractivity contribution in [2.24, 2.45) is 5.73 Å². The molecule has 45 heavy (non-hydrogen) atoms. The zero-order chi connectivity index (χ0) is 32.2. The lowest BCUT2D eigenvalue weighted by Gasteiger charge is -2.46. The Hall–Kier alpha value is -4.33. The first-order chi connectivity index (χ1) is 21.5. The van der Waals surface area contributed by atoms with E-state index in [0.717, 1.165) is 11.6 Å². The number of halogens is 2. The minimum absolute atomic E-state index is 0.000513. The standard InChI is InChI=1S/C32H35F2N5O6/c1-18-11-12-32(26-17-36(18)31(42)27-29(44-4)28(40)24(30(35)41)16-37(26)27)38(14-20-5-9-23(43-3)10-6-20)19(2)39(45-32)15-21-7-8-22(33)13-25(21)34/h5-10,13,16,18-19,26H,11-12,14-15,17H2,1-4H3,(H2,35,41)/t18-,19+,26+,32+/m0/s1. The molecule has 0 unspecified atom stereocenters. The van der Waals surface area contributed by atoms with Gasteiger partial charge in [-0.05, 0) is 50.5 Å². The monoisotopic (exact) mass is 623 g/mol. The summed E-state index contributed by atoms with van der Waals surface area (Å²) in [6, 6.07) is 10.1. The molecule has 0 aliphatic carbocycles. The number of hydroxylamine groups is 2. The van der Waals surface area contributed by atoms with Crippen molar-refractivity contribution in [3.63, 3.8) is 0 Å². The Morgan fingerprint density at radius 2 is 1.80 bits per heavy atom. The quantitative estimate of drug-likeness (QED) is 0.426. The second-order valence-corrected chi connectivity index (χ2v) is 11.7. The van der Waals surface area contributed by atoms with Crippen molar-refractivity contribution in [3.8, 4) is 11.5 Å². The minimum atomic E-state index is -1.15. The van der Waals surface area contributed by atoms with Crippen molar-refractivity contribution in [1.29, 1.82) is 0 Å². The molecule has 2 bridgehead atoms. The summed E-state index contributed by atoms with van der Waals surface area (Å²) in [4.78, 5) is 50.3. The predicted molar refractivity (Wildman–Crippen MR) is 158 cm³/mol. The van der Waals surface area contributed by atoms with E-state index in [-0.39, 0.29) is 41.7 Å². The Morgan fingerprint density at radius 3 is 2.44 bits per heavy atom. The molecular weight excluding hydrogens is 588 g/mol. The molecule has 13 heteroatoms. The van der Waals surface area contributed by atoms with Crippen LogP contribution in [0.3, 0.4) is 0 Å². The Kier molecular flexibility index (Phi) is 7.88. The summed E-state index contributed by atoms with van der Waals surface area (Å²) >= 11 is 0. The van der Waals surface area contributed by atoms with E-state index in [9.17, 15) is 23.2 Å². The van der Waals surface area contributed by atoms with Gasteiger partial charge in [0.2, 0.25) is 5.43 Å². The average Bonchev–Trinajstić information content (AvgIpc) is 3.19. The molecule has 1 spiro atoms. The highest BCUT2D eigenvalue weighted by atomic mass is 19.1. The maximum absolute atomic E-state index is 14.9. The summed E-state index contributed by atoms with van der Waals surface area (Å²) in [7, 11) is 2.86. The van der Waals surface area contributed by atoms with Gasteiger partial charge in [0.15, 0.2) is 17.2 Å². The van der Waals surface area contributed by atoms with Crippen LogP contribution >= 0.6 is 0 Å². The number of nitrogens with two attached hydrogens (primary N) is 1. The van der Waals surface area contributed by atoms with Crippen LogP contribution in [0.15, 0.2) is 53.5 Å². The number of amides is 2. The fraction of sp³-hybridized carbons (Fsp3) is 0.406. The van der Waals surface area contributed by atoms with Crippen molar-refractivity contribution in [2.45, 2.75) is 63.8 Å². The van der Waals surface area contributed by atoms with Gasteiger partial charge in [0.25, 0.3) is 11.8 Å². The number of nitrogens with zero attached hydrogens (tertiary/aromatic N) is 4. The fourth-order valence-corrected chi connectivity index (χ4v) is 6.82. The smallest absolute Gasteiger partial charge is 0.274 e. The number of fused-ring (bicyclic) bond motifs is 5. The van der Waals surface area contributed by atoms with E-state index in [1.165, 1.54) is 25.4 Å². The molecule has 3 aliphatic rings. The van der Waals surface area contributed by atoms with Crippen LogP contribution in [0.4, 0.5) is 8.78 Å². The van der Waals surface area contributed by atoms with Gasteiger partial charge in [-0.25, -0.2) is 8.78 Å². The van der Waals surface area contributed by atoms with E-state index in [4.69, 9.17) is 20.0 Å². The van der Waals surface area contributed by atoms with Crippen LogP contribution in [0.2, 0.25) is 0 Å². The number of carbonyl (C=O) groups is 2. The number of pyridine rings is 1. The molecule has 2 N–H and O–H groups in total. The first-order valence-electron chi connectivity index (χ1n) is 14.7. The zero-order valence-electron chi connectivity index (χ0n) is 25.5. The van der Waals surface area contributed by atoms with Gasteiger partial charge in [-0.3, -0.25) is 24.1 Å². The first-order valence-corrected chi connectivity index (χ1v) is 14.7. The molecule has 3 aliphatic heterocycles. The Balaban J connectivity index is 1.53. The van der Waals surface area contributed by atoms with Gasteiger partial charge in [0, 0.05) is 37.0 Å². The maximum Gasteiger partial charge on any atom is 0.274 e. The summed E-state index contributed by atoms with van der Waals surface area (Å²) in [5, 5.41) is 1.66. The number of rotatable bonds is 7. The number of benzene rings is 2. The number of hydrogen-bond donors (Lipinski definition) is 1. The lowest BCUT2D eigenvalue weighted by Crippen LogP contribution is -2.58. The second-order valence-electron chi connectivity index (χ2n) is 11.7. The molecule has 1 aromatic heterocycles. The van der Waals surface area contributed by atoms with Gasteiger partial charge < -0.3 is 24.7 Å². The highest BCUT2D eigenvalue weighted by Crippen LogP contribution is 2.49. The van der Waals surface area contributed by atoms with E-state index in [2.05, 4.69) is 4.90 Å². The number of ether oxygens (including phenoxy) is 2. The van der Waals surface area contributed by atoms with Crippen LogP contribution < -0.4 is 20.6 Å². The molecular formula is C32H35F2N5O6. The molecule has 3 aromatic rings. The number of aromatic nitrogens is 1.